The van der Waals surface area contributed by atoms with Gasteiger partial charge in [-0.25, -0.2) is 17.1 Å². The number of rotatable bonds is 5. The van der Waals surface area contributed by atoms with Gasteiger partial charge in [0.1, 0.15) is 5.82 Å². The van der Waals surface area contributed by atoms with Crippen molar-refractivity contribution in [2.24, 2.45) is 5.41 Å². The molecule has 0 bridgehead atoms. The molecule has 0 amide bonds. The molecule has 0 heterocycles. The van der Waals surface area contributed by atoms with Gasteiger partial charge in [0.05, 0.1) is 4.90 Å². The number of hydrogen-bond donors (Lipinski definition) is 1. The highest BCUT2D eigenvalue weighted by Gasteiger charge is 2.26. The topological polar surface area (TPSA) is 49.4 Å². The van der Waals surface area contributed by atoms with Crippen molar-refractivity contribution in [2.45, 2.75) is 39.1 Å². The normalized spacial score (nSPS) is 13.0. The molecule has 0 saturated carbocycles. The Balaban J connectivity index is 3.26. The molecule has 0 aliphatic rings. The van der Waals surface area contributed by atoms with Crippen LogP contribution >= 0.6 is 0 Å². The molecule has 0 unspecified atom stereocenters. The molecule has 1 aromatic carbocycles. The molecule has 1 N–H and O–H groups in total. The van der Waals surface area contributed by atoms with Crippen LogP contribution in [-0.2, 0) is 16.6 Å². The lowest BCUT2D eigenvalue weighted by Gasteiger charge is -2.26. The van der Waals surface area contributed by atoms with Gasteiger partial charge >= 0.3 is 0 Å². The van der Waals surface area contributed by atoms with Gasteiger partial charge in [-0.05, 0) is 37.1 Å². The van der Waals surface area contributed by atoms with Gasteiger partial charge in [0, 0.05) is 25.7 Å². The zero-order valence-corrected chi connectivity index (χ0v) is 14.4. The first-order valence-electron chi connectivity index (χ1n) is 6.89. The number of nitrogens with one attached hydrogen (secondary N) is 1. The summed E-state index contributed by atoms with van der Waals surface area (Å²) in [6.45, 7) is 8.19. The third-order valence-corrected chi connectivity index (χ3v) is 4.86. The minimum absolute atomic E-state index is 0.137. The maximum atomic E-state index is 14.0. The lowest BCUT2D eigenvalue weighted by atomic mass is 9.97. The van der Waals surface area contributed by atoms with Crippen LogP contribution in [0.25, 0.3) is 0 Å². The van der Waals surface area contributed by atoms with Gasteiger partial charge in [-0.15, -0.1) is 0 Å². The SMILES string of the molecule is CNCc1cc(S(=O)(=O)N(C)CC(C)(C)C)cc(C)c1F. The van der Waals surface area contributed by atoms with E-state index in [-0.39, 0.29) is 16.1 Å². The van der Waals surface area contributed by atoms with Crippen LogP contribution in [0, 0.1) is 18.2 Å². The zero-order valence-electron chi connectivity index (χ0n) is 13.6. The third-order valence-electron chi connectivity index (χ3n) is 3.08. The van der Waals surface area contributed by atoms with E-state index in [2.05, 4.69) is 5.32 Å². The van der Waals surface area contributed by atoms with Crippen LogP contribution in [0.4, 0.5) is 4.39 Å². The Morgan fingerprint density at radius 2 is 1.86 bits per heavy atom. The van der Waals surface area contributed by atoms with Crippen molar-refractivity contribution < 1.29 is 12.8 Å². The van der Waals surface area contributed by atoms with Gasteiger partial charge in [0.2, 0.25) is 10.0 Å². The number of hydrogen-bond acceptors (Lipinski definition) is 3. The summed E-state index contributed by atoms with van der Waals surface area (Å²) in [5.41, 5.74) is 0.552. The molecule has 1 aromatic rings. The molecule has 0 aromatic heterocycles. The molecular weight excluding hydrogens is 291 g/mol. The van der Waals surface area contributed by atoms with E-state index in [1.165, 1.54) is 16.4 Å². The van der Waals surface area contributed by atoms with Gasteiger partial charge in [-0.2, -0.15) is 0 Å². The Morgan fingerprint density at radius 1 is 1.29 bits per heavy atom. The van der Waals surface area contributed by atoms with E-state index in [4.69, 9.17) is 0 Å². The number of aryl methyl sites for hydroxylation is 1. The molecule has 0 atom stereocenters. The molecular formula is C15H25FN2O2S. The van der Waals surface area contributed by atoms with Gasteiger partial charge in [0.15, 0.2) is 0 Å². The minimum atomic E-state index is -3.61. The largest absolute Gasteiger partial charge is 0.316 e. The molecule has 0 aliphatic heterocycles. The number of benzene rings is 1. The second-order valence-electron chi connectivity index (χ2n) is 6.57. The predicted molar refractivity (Wildman–Crippen MR) is 83.2 cm³/mol. The molecule has 0 saturated heterocycles. The summed E-state index contributed by atoms with van der Waals surface area (Å²) in [5, 5.41) is 2.85. The maximum absolute atomic E-state index is 14.0. The van der Waals surface area contributed by atoms with Gasteiger partial charge in [0.25, 0.3) is 0 Å². The van der Waals surface area contributed by atoms with E-state index in [9.17, 15) is 12.8 Å². The number of halogens is 1. The van der Waals surface area contributed by atoms with Crippen LogP contribution in [0.5, 0.6) is 0 Å². The van der Waals surface area contributed by atoms with E-state index in [1.807, 2.05) is 20.8 Å². The van der Waals surface area contributed by atoms with Gasteiger partial charge in [-0.3, -0.25) is 0 Å². The molecule has 120 valence electrons. The van der Waals surface area contributed by atoms with Crippen molar-refractivity contribution in [3.8, 4) is 0 Å². The summed E-state index contributed by atoms with van der Waals surface area (Å²) < 4.78 is 40.5. The molecule has 0 radical (unpaired) electrons. The third kappa shape index (κ3) is 4.49. The zero-order chi connectivity index (χ0) is 16.4. The van der Waals surface area contributed by atoms with Crippen molar-refractivity contribution in [3.63, 3.8) is 0 Å². The summed E-state index contributed by atoms with van der Waals surface area (Å²) in [4.78, 5) is 0.137. The molecule has 21 heavy (non-hydrogen) atoms. The highest BCUT2D eigenvalue weighted by atomic mass is 32.2. The van der Waals surface area contributed by atoms with Crippen LogP contribution in [0.2, 0.25) is 0 Å². The number of nitrogens with zero attached hydrogens (tertiary/aromatic N) is 1. The van der Waals surface area contributed by atoms with Crippen molar-refractivity contribution in [2.75, 3.05) is 20.6 Å². The molecule has 0 fully saturated rings. The molecule has 0 spiro atoms. The van der Waals surface area contributed by atoms with E-state index >= 15 is 0 Å². The fourth-order valence-electron chi connectivity index (χ4n) is 2.21. The molecule has 1 rings (SSSR count). The highest BCUT2D eigenvalue weighted by molar-refractivity contribution is 7.89. The summed E-state index contributed by atoms with van der Waals surface area (Å²) in [6, 6.07) is 2.80. The Kier molecular flexibility index (Phi) is 5.52. The van der Waals surface area contributed by atoms with Crippen molar-refractivity contribution in [1.82, 2.24) is 9.62 Å². The first-order chi connectivity index (χ1) is 9.49. The summed E-state index contributed by atoms with van der Waals surface area (Å²) in [5.74, 6) is -0.359. The van der Waals surface area contributed by atoms with E-state index in [0.717, 1.165) is 0 Å². The summed E-state index contributed by atoms with van der Waals surface area (Å²) in [6.07, 6.45) is 0. The second-order valence-corrected chi connectivity index (χ2v) is 8.61. The Bertz CT molecular complexity index is 607. The van der Waals surface area contributed by atoms with Crippen molar-refractivity contribution >= 4 is 10.0 Å². The van der Waals surface area contributed by atoms with Crippen molar-refractivity contribution in [1.29, 1.82) is 0 Å². The lowest BCUT2D eigenvalue weighted by Crippen LogP contribution is -2.34. The average Bonchev–Trinajstić information content (AvgIpc) is 2.32. The van der Waals surface area contributed by atoms with E-state index in [0.29, 0.717) is 24.2 Å². The molecule has 0 aliphatic carbocycles. The van der Waals surface area contributed by atoms with Gasteiger partial charge in [-0.1, -0.05) is 20.8 Å². The first-order valence-corrected chi connectivity index (χ1v) is 8.33. The lowest BCUT2D eigenvalue weighted by molar-refractivity contribution is 0.310. The summed E-state index contributed by atoms with van der Waals surface area (Å²) >= 11 is 0. The van der Waals surface area contributed by atoms with E-state index in [1.54, 1.807) is 21.0 Å². The fourth-order valence-corrected chi connectivity index (χ4v) is 3.74. The standard InChI is InChI=1S/C15H25FN2O2S/c1-11-7-13(8-12(9-17-5)14(11)16)21(19,20)18(6)10-15(2,3)4/h7-8,17H,9-10H2,1-6H3. The Morgan fingerprint density at radius 3 is 2.33 bits per heavy atom. The van der Waals surface area contributed by atoms with Crippen LogP contribution in [-0.4, -0.2) is 33.4 Å². The smallest absolute Gasteiger partial charge is 0.242 e. The maximum Gasteiger partial charge on any atom is 0.242 e. The Labute approximate surface area is 127 Å². The summed E-state index contributed by atoms with van der Waals surface area (Å²) in [7, 11) is -0.365. The Hall–Kier alpha value is -0.980. The first kappa shape index (κ1) is 18.1. The van der Waals surface area contributed by atoms with Crippen LogP contribution < -0.4 is 5.32 Å². The molecule has 4 nitrogen and oxygen atoms in total. The van der Waals surface area contributed by atoms with E-state index < -0.39 is 10.0 Å². The monoisotopic (exact) mass is 316 g/mol. The van der Waals surface area contributed by atoms with Crippen LogP contribution in [0.1, 0.15) is 31.9 Å². The fraction of sp³-hybridized carbons (Fsp3) is 0.600. The predicted octanol–water partition coefficient (Wildman–Crippen LogP) is 2.52. The molecule has 6 heteroatoms. The average molecular weight is 316 g/mol. The quantitative estimate of drug-likeness (QED) is 0.908. The van der Waals surface area contributed by atoms with Crippen LogP contribution in [0.15, 0.2) is 17.0 Å². The highest BCUT2D eigenvalue weighted by Crippen LogP contribution is 2.24. The number of sulfonamides is 1. The van der Waals surface area contributed by atoms with Crippen molar-refractivity contribution in [3.05, 3.63) is 29.1 Å². The second kappa shape index (κ2) is 6.42. The van der Waals surface area contributed by atoms with Crippen LogP contribution in [0.3, 0.4) is 0 Å². The van der Waals surface area contributed by atoms with Gasteiger partial charge < -0.3 is 5.32 Å². The minimum Gasteiger partial charge on any atom is -0.316 e.